The molecule has 2 heteroatoms. The number of rotatable bonds is 5. The number of nitrogens with zero attached hydrogens (tertiary/aromatic N) is 1. The highest BCUT2D eigenvalue weighted by atomic mass is 19.1. The van der Waals surface area contributed by atoms with Gasteiger partial charge in [-0.05, 0) is 104 Å². The summed E-state index contributed by atoms with van der Waals surface area (Å²) in [7, 11) is 0. The Labute approximate surface area is 176 Å². The Morgan fingerprint density at radius 2 is 1.31 bits per heavy atom. The minimum absolute atomic E-state index is 0.121. The van der Waals surface area contributed by atoms with Crippen molar-refractivity contribution in [2.75, 3.05) is 0 Å². The van der Waals surface area contributed by atoms with Crippen molar-refractivity contribution >= 4 is 0 Å². The van der Waals surface area contributed by atoms with Crippen LogP contribution in [0, 0.1) is 17.7 Å². The van der Waals surface area contributed by atoms with Crippen LogP contribution in [0.5, 0.6) is 0 Å². The molecule has 0 unspecified atom stereocenters. The summed E-state index contributed by atoms with van der Waals surface area (Å²) in [4.78, 5) is 4.65. The van der Waals surface area contributed by atoms with E-state index < -0.39 is 0 Å². The van der Waals surface area contributed by atoms with Gasteiger partial charge in [0.1, 0.15) is 5.82 Å². The van der Waals surface area contributed by atoms with Gasteiger partial charge in [0, 0.05) is 11.8 Å². The van der Waals surface area contributed by atoms with E-state index in [0.29, 0.717) is 17.4 Å². The monoisotopic (exact) mass is 393 g/mol. The molecule has 0 aliphatic heterocycles. The second-order valence-electron chi connectivity index (χ2n) is 9.47. The quantitative estimate of drug-likeness (QED) is 0.498. The number of hydrogen-bond donors (Lipinski definition) is 0. The maximum atomic E-state index is 14.9. The third kappa shape index (κ3) is 4.73. The highest BCUT2D eigenvalue weighted by molar-refractivity contribution is 5.60. The van der Waals surface area contributed by atoms with Crippen LogP contribution < -0.4 is 0 Å². The third-order valence-corrected chi connectivity index (χ3v) is 7.85. The summed E-state index contributed by atoms with van der Waals surface area (Å²) < 4.78 is 14.9. The van der Waals surface area contributed by atoms with Crippen molar-refractivity contribution in [2.45, 2.75) is 89.9 Å². The van der Waals surface area contributed by atoms with Gasteiger partial charge in [-0.3, -0.25) is 4.98 Å². The fraction of sp³-hybridized carbons (Fsp3) is 0.593. The van der Waals surface area contributed by atoms with E-state index in [2.05, 4.69) is 31.0 Å². The maximum Gasteiger partial charge on any atom is 0.132 e. The number of benzene rings is 1. The van der Waals surface area contributed by atoms with E-state index in [0.717, 1.165) is 17.5 Å². The minimum atomic E-state index is -0.121. The molecule has 0 N–H and O–H groups in total. The molecular weight excluding hydrogens is 357 g/mol. The Bertz CT molecular complexity index is 781. The maximum absolute atomic E-state index is 14.9. The van der Waals surface area contributed by atoms with Gasteiger partial charge in [-0.15, -0.1) is 0 Å². The molecule has 0 saturated heterocycles. The van der Waals surface area contributed by atoms with Gasteiger partial charge in [0.2, 0.25) is 0 Å². The predicted molar refractivity (Wildman–Crippen MR) is 120 cm³/mol. The van der Waals surface area contributed by atoms with Crippen LogP contribution >= 0.6 is 0 Å². The number of hydrogen-bond acceptors (Lipinski definition) is 1. The van der Waals surface area contributed by atoms with Gasteiger partial charge >= 0.3 is 0 Å². The molecule has 156 valence electrons. The van der Waals surface area contributed by atoms with Crippen molar-refractivity contribution in [3.63, 3.8) is 0 Å². The molecule has 1 aromatic carbocycles. The second kappa shape index (κ2) is 9.41. The van der Waals surface area contributed by atoms with E-state index in [-0.39, 0.29) is 5.82 Å². The van der Waals surface area contributed by atoms with Gasteiger partial charge in [0.15, 0.2) is 0 Å². The zero-order valence-corrected chi connectivity index (χ0v) is 18.2. The van der Waals surface area contributed by atoms with Gasteiger partial charge in [0.25, 0.3) is 0 Å². The molecule has 0 amide bonds. The molecule has 0 spiro atoms. The van der Waals surface area contributed by atoms with Crippen LogP contribution in [0.3, 0.4) is 0 Å². The Morgan fingerprint density at radius 1 is 0.759 bits per heavy atom. The first-order valence-electron chi connectivity index (χ1n) is 11.9. The molecule has 4 rings (SSSR count). The first kappa shape index (κ1) is 20.6. The smallest absolute Gasteiger partial charge is 0.132 e. The van der Waals surface area contributed by atoms with Crippen LogP contribution in [0.2, 0.25) is 0 Å². The minimum Gasteiger partial charge on any atom is -0.256 e. The molecule has 0 radical (unpaired) electrons. The number of halogens is 1. The molecule has 1 heterocycles. The average Bonchev–Trinajstić information content (AvgIpc) is 2.79. The molecule has 2 fully saturated rings. The standard InChI is InChI=1S/C27H36FN/c1-3-19-5-9-21(10-6-19)23-13-15-25(26(28)17-23)27-16-14-24(18-29-27)22-11-7-20(4-2)8-12-22/h13-22H,3-12H2,1-2H3. The van der Waals surface area contributed by atoms with Crippen molar-refractivity contribution < 1.29 is 4.39 Å². The van der Waals surface area contributed by atoms with Crippen molar-refractivity contribution in [3.8, 4) is 11.3 Å². The van der Waals surface area contributed by atoms with Crippen LogP contribution in [-0.4, -0.2) is 4.98 Å². The van der Waals surface area contributed by atoms with Crippen LogP contribution in [0.15, 0.2) is 36.5 Å². The van der Waals surface area contributed by atoms with Crippen molar-refractivity contribution in [3.05, 3.63) is 53.5 Å². The molecule has 0 atom stereocenters. The van der Waals surface area contributed by atoms with Gasteiger partial charge in [-0.1, -0.05) is 38.8 Å². The Kier molecular flexibility index (Phi) is 6.67. The number of pyridine rings is 1. The lowest BCUT2D eigenvalue weighted by Gasteiger charge is -2.28. The summed E-state index contributed by atoms with van der Waals surface area (Å²) in [5.74, 6) is 2.81. The molecule has 29 heavy (non-hydrogen) atoms. The van der Waals surface area contributed by atoms with Gasteiger partial charge in [-0.25, -0.2) is 4.39 Å². The van der Waals surface area contributed by atoms with E-state index >= 15 is 0 Å². The van der Waals surface area contributed by atoms with Crippen molar-refractivity contribution in [1.29, 1.82) is 0 Å². The van der Waals surface area contributed by atoms with E-state index in [1.54, 1.807) is 6.07 Å². The second-order valence-corrected chi connectivity index (χ2v) is 9.47. The Balaban J connectivity index is 1.43. The largest absolute Gasteiger partial charge is 0.256 e. The van der Waals surface area contributed by atoms with Gasteiger partial charge in [0.05, 0.1) is 5.69 Å². The summed E-state index contributed by atoms with van der Waals surface area (Å²) in [6, 6.07) is 10.1. The average molecular weight is 394 g/mol. The van der Waals surface area contributed by atoms with E-state index in [9.17, 15) is 4.39 Å². The molecule has 1 aromatic heterocycles. The molecular formula is C27H36FN. The lowest BCUT2D eigenvalue weighted by Crippen LogP contribution is -2.13. The van der Waals surface area contributed by atoms with Crippen LogP contribution in [0.25, 0.3) is 11.3 Å². The molecule has 0 bridgehead atoms. The van der Waals surface area contributed by atoms with E-state index in [1.165, 1.54) is 75.3 Å². The SMILES string of the molecule is CCC1CCC(c2ccc(-c3ccc(C4CCC(CC)CC4)cc3F)nc2)CC1. The lowest BCUT2D eigenvalue weighted by atomic mass is 9.77. The van der Waals surface area contributed by atoms with Crippen molar-refractivity contribution in [2.24, 2.45) is 11.8 Å². The highest BCUT2D eigenvalue weighted by Crippen LogP contribution is 2.39. The molecule has 2 aromatic rings. The summed E-state index contributed by atoms with van der Waals surface area (Å²) in [6.07, 6.45) is 14.7. The fourth-order valence-corrected chi connectivity index (χ4v) is 5.61. The lowest BCUT2D eigenvalue weighted by molar-refractivity contribution is 0.318. The summed E-state index contributed by atoms with van der Waals surface area (Å²) in [6.45, 7) is 4.59. The van der Waals surface area contributed by atoms with E-state index in [4.69, 9.17) is 0 Å². The first-order chi connectivity index (χ1) is 14.2. The summed E-state index contributed by atoms with van der Waals surface area (Å²) in [5.41, 5.74) is 3.89. The van der Waals surface area contributed by atoms with E-state index in [1.807, 2.05) is 18.3 Å². The van der Waals surface area contributed by atoms with Crippen LogP contribution in [0.1, 0.15) is 101 Å². The normalized spacial score (nSPS) is 27.7. The van der Waals surface area contributed by atoms with Crippen molar-refractivity contribution in [1.82, 2.24) is 4.98 Å². The topological polar surface area (TPSA) is 12.9 Å². The summed E-state index contributed by atoms with van der Waals surface area (Å²) >= 11 is 0. The zero-order valence-electron chi connectivity index (χ0n) is 18.2. The van der Waals surface area contributed by atoms with Gasteiger partial charge < -0.3 is 0 Å². The Morgan fingerprint density at radius 3 is 1.79 bits per heavy atom. The fourth-order valence-electron chi connectivity index (χ4n) is 5.61. The highest BCUT2D eigenvalue weighted by Gasteiger charge is 2.23. The van der Waals surface area contributed by atoms with Crippen LogP contribution in [0.4, 0.5) is 4.39 Å². The third-order valence-electron chi connectivity index (χ3n) is 7.85. The molecule has 2 aliphatic rings. The Hall–Kier alpha value is -1.70. The first-order valence-corrected chi connectivity index (χ1v) is 11.9. The van der Waals surface area contributed by atoms with Crippen LogP contribution in [-0.2, 0) is 0 Å². The zero-order chi connectivity index (χ0) is 20.2. The molecule has 2 saturated carbocycles. The van der Waals surface area contributed by atoms with Gasteiger partial charge in [-0.2, -0.15) is 0 Å². The predicted octanol–water partition coefficient (Wildman–Crippen LogP) is 8.26. The molecule has 2 aliphatic carbocycles. The number of aromatic nitrogens is 1. The summed E-state index contributed by atoms with van der Waals surface area (Å²) in [5, 5.41) is 0. The molecule has 1 nitrogen and oxygen atoms in total.